The molecule has 1 N–H and O–H groups in total. The lowest BCUT2D eigenvalue weighted by Crippen LogP contribution is -2.40. The lowest BCUT2D eigenvalue weighted by Gasteiger charge is -2.25. The van der Waals surface area contributed by atoms with E-state index in [0.29, 0.717) is 12.3 Å². The largest absolute Gasteiger partial charge is 0.212 e. The number of halogens is 1. The Morgan fingerprint density at radius 3 is 2.50 bits per heavy atom. The second-order valence-corrected chi connectivity index (χ2v) is 5.36. The maximum absolute atomic E-state index is 11.2. The van der Waals surface area contributed by atoms with E-state index in [1.165, 1.54) is 0 Å². The van der Waals surface area contributed by atoms with Gasteiger partial charge in [0.25, 0.3) is 0 Å². The summed E-state index contributed by atoms with van der Waals surface area (Å²) in [5, 5.41) is 0. The molecule has 0 unspecified atom stereocenters. The zero-order valence-corrected chi connectivity index (χ0v) is 8.50. The maximum atomic E-state index is 11.2. The molecule has 72 valence electrons. The Morgan fingerprint density at radius 1 is 1.42 bits per heavy atom. The Balaban J connectivity index is 2.27. The van der Waals surface area contributed by atoms with Crippen LogP contribution in [0, 0.1) is 0 Å². The topological polar surface area (TPSA) is 46.2 Å². The smallest absolute Gasteiger partial charge is 0.211 e. The third-order valence-corrected chi connectivity index (χ3v) is 3.78. The Morgan fingerprint density at radius 2 is 2.08 bits per heavy atom. The zero-order valence-electron chi connectivity index (χ0n) is 6.92. The van der Waals surface area contributed by atoms with Crippen LogP contribution >= 0.6 is 11.6 Å². The van der Waals surface area contributed by atoms with E-state index in [0.717, 1.165) is 19.3 Å². The van der Waals surface area contributed by atoms with Crippen molar-refractivity contribution in [2.24, 2.45) is 0 Å². The Labute approximate surface area is 78.5 Å². The van der Waals surface area contributed by atoms with Crippen LogP contribution in [0.3, 0.4) is 0 Å². The summed E-state index contributed by atoms with van der Waals surface area (Å²) in [4.78, 5) is 0. The molecule has 0 aromatic carbocycles. The predicted molar refractivity (Wildman–Crippen MR) is 49.9 cm³/mol. The summed E-state index contributed by atoms with van der Waals surface area (Å²) in [6, 6.07) is 0.199. The van der Waals surface area contributed by atoms with Crippen LogP contribution in [-0.4, -0.2) is 26.1 Å². The van der Waals surface area contributed by atoms with Gasteiger partial charge in [-0.15, -0.1) is 11.6 Å². The Kier molecular flexibility index (Phi) is 3.80. The van der Waals surface area contributed by atoms with Gasteiger partial charge in [0.05, 0.1) is 5.75 Å². The SMILES string of the molecule is O=S(=O)(CCCCl)NC1CCC1. The average molecular weight is 212 g/mol. The van der Waals surface area contributed by atoms with E-state index < -0.39 is 10.0 Å². The highest BCUT2D eigenvalue weighted by atomic mass is 35.5. The maximum Gasteiger partial charge on any atom is 0.211 e. The quantitative estimate of drug-likeness (QED) is 0.692. The fourth-order valence-electron chi connectivity index (χ4n) is 1.08. The molecule has 0 heterocycles. The van der Waals surface area contributed by atoms with Crippen molar-refractivity contribution >= 4 is 21.6 Å². The first-order chi connectivity index (χ1) is 5.64. The van der Waals surface area contributed by atoms with Crippen molar-refractivity contribution in [3.05, 3.63) is 0 Å². The number of alkyl halides is 1. The molecule has 1 aliphatic carbocycles. The van der Waals surface area contributed by atoms with Crippen LogP contribution in [0.4, 0.5) is 0 Å². The molecule has 1 aliphatic rings. The van der Waals surface area contributed by atoms with E-state index >= 15 is 0 Å². The molecule has 5 heteroatoms. The fourth-order valence-corrected chi connectivity index (χ4v) is 2.76. The molecule has 0 aromatic rings. The second kappa shape index (κ2) is 4.44. The van der Waals surface area contributed by atoms with Gasteiger partial charge in [-0.25, -0.2) is 13.1 Å². The van der Waals surface area contributed by atoms with Gasteiger partial charge in [-0.2, -0.15) is 0 Å². The van der Waals surface area contributed by atoms with E-state index in [1.54, 1.807) is 0 Å². The molecule has 0 radical (unpaired) electrons. The second-order valence-electron chi connectivity index (χ2n) is 3.11. The van der Waals surface area contributed by atoms with Gasteiger partial charge in [0.1, 0.15) is 0 Å². The van der Waals surface area contributed by atoms with Gasteiger partial charge in [0.15, 0.2) is 0 Å². The van der Waals surface area contributed by atoms with Crippen molar-refractivity contribution in [1.29, 1.82) is 0 Å². The highest BCUT2D eigenvalue weighted by Crippen LogP contribution is 2.18. The van der Waals surface area contributed by atoms with Crippen molar-refractivity contribution in [1.82, 2.24) is 4.72 Å². The fraction of sp³-hybridized carbons (Fsp3) is 1.00. The highest BCUT2D eigenvalue weighted by molar-refractivity contribution is 7.89. The van der Waals surface area contributed by atoms with Gasteiger partial charge in [0.2, 0.25) is 10.0 Å². The summed E-state index contributed by atoms with van der Waals surface area (Å²) in [5.74, 6) is 0.568. The van der Waals surface area contributed by atoms with E-state index in [9.17, 15) is 8.42 Å². The van der Waals surface area contributed by atoms with Gasteiger partial charge >= 0.3 is 0 Å². The summed E-state index contributed by atoms with van der Waals surface area (Å²) in [6.07, 6.45) is 3.65. The molecule has 0 spiro atoms. The van der Waals surface area contributed by atoms with Crippen LogP contribution < -0.4 is 4.72 Å². The van der Waals surface area contributed by atoms with Gasteiger partial charge in [-0.1, -0.05) is 6.42 Å². The third-order valence-electron chi connectivity index (χ3n) is 2.00. The molecule has 0 aliphatic heterocycles. The summed E-state index contributed by atoms with van der Waals surface area (Å²) < 4.78 is 25.1. The minimum absolute atomic E-state index is 0.160. The number of rotatable bonds is 5. The monoisotopic (exact) mass is 211 g/mol. The van der Waals surface area contributed by atoms with Crippen LogP contribution in [0.5, 0.6) is 0 Å². The van der Waals surface area contributed by atoms with Crippen LogP contribution in [0.25, 0.3) is 0 Å². The Bertz CT molecular complexity index is 224. The van der Waals surface area contributed by atoms with E-state index in [1.807, 2.05) is 0 Å². The van der Waals surface area contributed by atoms with Crippen molar-refractivity contribution in [2.45, 2.75) is 31.7 Å². The summed E-state index contributed by atoms with van der Waals surface area (Å²) in [6.45, 7) is 0. The first-order valence-electron chi connectivity index (χ1n) is 4.20. The van der Waals surface area contributed by atoms with Crippen molar-refractivity contribution in [3.8, 4) is 0 Å². The van der Waals surface area contributed by atoms with E-state index in [-0.39, 0.29) is 11.8 Å². The third kappa shape index (κ3) is 3.29. The molecule has 0 bridgehead atoms. The van der Waals surface area contributed by atoms with Gasteiger partial charge < -0.3 is 0 Å². The van der Waals surface area contributed by atoms with E-state index in [4.69, 9.17) is 11.6 Å². The molecule has 0 aromatic heterocycles. The summed E-state index contributed by atoms with van der Waals surface area (Å²) >= 11 is 5.40. The molecule has 0 saturated heterocycles. The van der Waals surface area contributed by atoms with Crippen LogP contribution in [-0.2, 0) is 10.0 Å². The molecule has 1 fully saturated rings. The number of hydrogen-bond acceptors (Lipinski definition) is 2. The number of sulfonamides is 1. The van der Waals surface area contributed by atoms with Crippen molar-refractivity contribution < 1.29 is 8.42 Å². The average Bonchev–Trinajstić information content (AvgIpc) is 1.94. The van der Waals surface area contributed by atoms with Crippen LogP contribution in [0.1, 0.15) is 25.7 Å². The van der Waals surface area contributed by atoms with E-state index in [2.05, 4.69) is 4.72 Å². The van der Waals surface area contributed by atoms with Crippen molar-refractivity contribution in [2.75, 3.05) is 11.6 Å². The normalized spacial score (nSPS) is 19.1. The van der Waals surface area contributed by atoms with Crippen LogP contribution in [0.2, 0.25) is 0 Å². The Hall–Kier alpha value is 0.200. The molecule has 12 heavy (non-hydrogen) atoms. The molecular formula is C7H14ClNO2S. The molecule has 1 rings (SSSR count). The number of nitrogens with one attached hydrogen (secondary N) is 1. The zero-order chi connectivity index (χ0) is 9.03. The molecular weight excluding hydrogens is 198 g/mol. The number of hydrogen-bond donors (Lipinski definition) is 1. The highest BCUT2D eigenvalue weighted by Gasteiger charge is 2.22. The van der Waals surface area contributed by atoms with Gasteiger partial charge in [-0.3, -0.25) is 0 Å². The minimum Gasteiger partial charge on any atom is -0.212 e. The lowest BCUT2D eigenvalue weighted by atomic mass is 9.94. The molecule has 3 nitrogen and oxygen atoms in total. The van der Waals surface area contributed by atoms with Crippen molar-refractivity contribution in [3.63, 3.8) is 0 Å². The van der Waals surface area contributed by atoms with Gasteiger partial charge in [0, 0.05) is 11.9 Å². The lowest BCUT2D eigenvalue weighted by molar-refractivity contribution is 0.383. The first-order valence-corrected chi connectivity index (χ1v) is 6.39. The summed E-state index contributed by atoms with van der Waals surface area (Å²) in [7, 11) is -3.04. The van der Waals surface area contributed by atoms with Gasteiger partial charge in [-0.05, 0) is 19.3 Å². The predicted octanol–water partition coefficient (Wildman–Crippen LogP) is 1.09. The molecule has 0 atom stereocenters. The first kappa shape index (κ1) is 10.3. The molecule has 0 amide bonds. The standard InChI is InChI=1S/C7H14ClNO2S/c8-5-2-6-12(10,11)9-7-3-1-4-7/h7,9H,1-6H2. The molecule has 1 saturated carbocycles. The minimum atomic E-state index is -3.04. The van der Waals surface area contributed by atoms with Crippen LogP contribution in [0.15, 0.2) is 0 Å². The summed E-state index contributed by atoms with van der Waals surface area (Å²) in [5.41, 5.74) is 0.